The summed E-state index contributed by atoms with van der Waals surface area (Å²) in [6.07, 6.45) is 11.4. The van der Waals surface area contributed by atoms with Crippen LogP contribution in [0.1, 0.15) is 61.7 Å². The highest BCUT2D eigenvalue weighted by Gasteiger charge is 2.41. The third-order valence-electron chi connectivity index (χ3n) is 6.25. The molecule has 27 heavy (non-hydrogen) atoms. The minimum atomic E-state index is 0.0200. The van der Waals surface area contributed by atoms with Crippen LogP contribution < -0.4 is 10.1 Å². The van der Waals surface area contributed by atoms with Gasteiger partial charge in [0.25, 0.3) is 0 Å². The summed E-state index contributed by atoms with van der Waals surface area (Å²) < 4.78 is 8.45. The van der Waals surface area contributed by atoms with Crippen LogP contribution in [0.3, 0.4) is 0 Å². The van der Waals surface area contributed by atoms with E-state index in [1.165, 1.54) is 43.2 Å². The number of benzene rings is 1. The Hall–Kier alpha value is -1.85. The number of hydrogen-bond acceptors (Lipinski definition) is 4. The first-order valence-electron chi connectivity index (χ1n) is 10.2. The molecular weight excluding hydrogens is 336 g/mol. The van der Waals surface area contributed by atoms with Crippen LogP contribution in [-0.4, -0.2) is 40.9 Å². The molecule has 2 atom stereocenters. The van der Waals surface area contributed by atoms with E-state index >= 15 is 0 Å². The predicted octanol–water partition coefficient (Wildman–Crippen LogP) is 3.84. The van der Waals surface area contributed by atoms with Gasteiger partial charge >= 0.3 is 0 Å². The highest BCUT2D eigenvalue weighted by molar-refractivity contribution is 5.39. The number of ether oxygens (including phenoxy) is 1. The maximum atomic E-state index is 6.57. The summed E-state index contributed by atoms with van der Waals surface area (Å²) in [5.41, 5.74) is 2.58. The van der Waals surface area contributed by atoms with E-state index in [-0.39, 0.29) is 5.60 Å². The van der Waals surface area contributed by atoms with Crippen molar-refractivity contribution < 1.29 is 4.74 Å². The largest absolute Gasteiger partial charge is 0.487 e. The fraction of sp³-hybridized carbons (Fsp3) is 0.591. The molecule has 4 rings (SSSR count). The van der Waals surface area contributed by atoms with Crippen molar-refractivity contribution in [3.63, 3.8) is 0 Å². The van der Waals surface area contributed by atoms with Crippen LogP contribution in [0.4, 0.5) is 0 Å². The van der Waals surface area contributed by atoms with Gasteiger partial charge < -0.3 is 15.0 Å². The van der Waals surface area contributed by atoms with Gasteiger partial charge in [0.15, 0.2) is 0 Å². The van der Waals surface area contributed by atoms with E-state index in [1.807, 2.05) is 17.9 Å². The average Bonchev–Trinajstić information content (AvgIpc) is 3.08. The lowest BCUT2D eigenvalue weighted by molar-refractivity contribution is -0.00330. The quantitative estimate of drug-likeness (QED) is 0.871. The van der Waals surface area contributed by atoms with Gasteiger partial charge in [0, 0.05) is 49.4 Å². The number of aromatic nitrogens is 2. The summed E-state index contributed by atoms with van der Waals surface area (Å²) in [4.78, 5) is 2.27. The van der Waals surface area contributed by atoms with E-state index in [4.69, 9.17) is 4.74 Å². The molecule has 1 aromatic heterocycles. The normalized spacial score (nSPS) is 22.4. The lowest BCUT2D eigenvalue weighted by Crippen LogP contribution is -2.46. The molecule has 5 nitrogen and oxygen atoms in total. The van der Waals surface area contributed by atoms with Crippen molar-refractivity contribution in [2.75, 3.05) is 20.6 Å². The Balaban J connectivity index is 1.54. The van der Waals surface area contributed by atoms with Gasteiger partial charge in [-0.3, -0.25) is 4.68 Å². The molecule has 2 heterocycles. The molecule has 1 aliphatic heterocycles. The maximum absolute atomic E-state index is 6.57. The summed E-state index contributed by atoms with van der Waals surface area (Å²) in [7, 11) is 6.25. The summed E-state index contributed by atoms with van der Waals surface area (Å²) in [5.74, 6) is 1.07. The SMILES string of the molecule is CN(C)[C@H](CN[C@H]1CC2(CCCCC2)Oc2ccccc21)c1cnn(C)c1. The lowest BCUT2D eigenvalue weighted by atomic mass is 9.77. The molecule has 1 fully saturated rings. The molecule has 2 aromatic rings. The smallest absolute Gasteiger partial charge is 0.124 e. The molecule has 1 spiro atoms. The van der Waals surface area contributed by atoms with Gasteiger partial charge in [0.2, 0.25) is 0 Å². The van der Waals surface area contributed by atoms with Gasteiger partial charge in [-0.15, -0.1) is 0 Å². The van der Waals surface area contributed by atoms with Crippen LogP contribution in [0.2, 0.25) is 0 Å². The standard InChI is InChI=1S/C22H32N4O/c1-25(2)20(17-14-24-26(3)16-17)15-23-19-13-22(11-7-4-8-12-22)27-21-10-6-5-9-18(19)21/h5-6,9-10,14,16,19-20,23H,4,7-8,11-13,15H2,1-3H3/t19-,20+/m0/s1. The molecule has 5 heteroatoms. The van der Waals surface area contributed by atoms with Crippen molar-refractivity contribution in [3.05, 3.63) is 47.8 Å². The Labute approximate surface area is 162 Å². The number of nitrogens with zero attached hydrogens (tertiary/aromatic N) is 3. The second-order valence-corrected chi connectivity index (χ2v) is 8.48. The number of nitrogens with one attached hydrogen (secondary N) is 1. The molecule has 0 bridgehead atoms. The van der Waals surface area contributed by atoms with E-state index in [0.29, 0.717) is 12.1 Å². The van der Waals surface area contributed by atoms with Crippen LogP contribution in [0.5, 0.6) is 5.75 Å². The van der Waals surface area contributed by atoms with Crippen LogP contribution >= 0.6 is 0 Å². The molecule has 0 amide bonds. The molecule has 2 aliphatic rings. The Morgan fingerprint density at radius 3 is 2.74 bits per heavy atom. The zero-order valence-electron chi connectivity index (χ0n) is 16.8. The summed E-state index contributed by atoms with van der Waals surface area (Å²) in [6, 6.07) is 9.22. The molecular formula is C22H32N4O. The van der Waals surface area contributed by atoms with Crippen molar-refractivity contribution in [1.82, 2.24) is 20.0 Å². The first-order chi connectivity index (χ1) is 13.1. The molecule has 146 valence electrons. The maximum Gasteiger partial charge on any atom is 0.124 e. The van der Waals surface area contributed by atoms with E-state index < -0.39 is 0 Å². The number of para-hydroxylation sites is 1. The van der Waals surface area contributed by atoms with Crippen LogP contribution in [-0.2, 0) is 7.05 Å². The topological polar surface area (TPSA) is 42.3 Å². The number of rotatable bonds is 5. The number of hydrogen-bond donors (Lipinski definition) is 1. The van der Waals surface area contributed by atoms with E-state index in [9.17, 15) is 0 Å². The third kappa shape index (κ3) is 3.90. The van der Waals surface area contributed by atoms with E-state index in [1.54, 1.807) is 0 Å². The zero-order valence-corrected chi connectivity index (χ0v) is 16.8. The Morgan fingerprint density at radius 2 is 2.04 bits per heavy atom. The predicted molar refractivity (Wildman–Crippen MR) is 108 cm³/mol. The zero-order chi connectivity index (χ0) is 18.9. The fourth-order valence-electron chi connectivity index (χ4n) is 4.77. The lowest BCUT2D eigenvalue weighted by Gasteiger charge is -2.45. The monoisotopic (exact) mass is 368 g/mol. The van der Waals surface area contributed by atoms with Crippen LogP contribution in [0.25, 0.3) is 0 Å². The molecule has 0 unspecified atom stereocenters. The van der Waals surface area contributed by atoms with Crippen LogP contribution in [0.15, 0.2) is 36.7 Å². The minimum absolute atomic E-state index is 0.0200. The van der Waals surface area contributed by atoms with Gasteiger partial charge in [0.05, 0.1) is 6.20 Å². The first kappa shape index (κ1) is 18.5. The number of fused-ring (bicyclic) bond motifs is 1. The second-order valence-electron chi connectivity index (χ2n) is 8.48. The van der Waals surface area contributed by atoms with Gasteiger partial charge in [-0.2, -0.15) is 5.10 Å². The fourth-order valence-corrected chi connectivity index (χ4v) is 4.77. The Bertz CT molecular complexity index is 763. The Morgan fingerprint density at radius 1 is 1.26 bits per heavy atom. The molecule has 1 N–H and O–H groups in total. The van der Waals surface area contributed by atoms with Gasteiger partial charge in [0.1, 0.15) is 11.4 Å². The van der Waals surface area contributed by atoms with Gasteiger partial charge in [-0.25, -0.2) is 0 Å². The third-order valence-corrected chi connectivity index (χ3v) is 6.25. The molecule has 0 saturated heterocycles. The van der Waals surface area contributed by atoms with Gasteiger partial charge in [-0.05, 0) is 45.8 Å². The minimum Gasteiger partial charge on any atom is -0.487 e. The van der Waals surface area contributed by atoms with Gasteiger partial charge in [-0.1, -0.05) is 24.6 Å². The molecule has 1 saturated carbocycles. The summed E-state index contributed by atoms with van der Waals surface area (Å²) >= 11 is 0. The second kappa shape index (κ2) is 7.64. The van der Waals surface area contributed by atoms with Crippen LogP contribution in [0, 0.1) is 0 Å². The van der Waals surface area contributed by atoms with Crippen molar-refractivity contribution in [2.45, 2.75) is 56.2 Å². The molecule has 0 radical (unpaired) electrons. The highest BCUT2D eigenvalue weighted by atomic mass is 16.5. The van der Waals surface area contributed by atoms with Crippen molar-refractivity contribution in [3.8, 4) is 5.75 Å². The average molecular weight is 369 g/mol. The van der Waals surface area contributed by atoms with Crippen molar-refractivity contribution >= 4 is 0 Å². The number of aryl methyl sites for hydroxylation is 1. The summed E-state index contributed by atoms with van der Waals surface area (Å²) in [6.45, 7) is 0.897. The summed E-state index contributed by atoms with van der Waals surface area (Å²) in [5, 5.41) is 8.24. The first-order valence-corrected chi connectivity index (χ1v) is 10.2. The highest BCUT2D eigenvalue weighted by Crippen LogP contribution is 2.46. The van der Waals surface area contributed by atoms with Crippen molar-refractivity contribution in [1.29, 1.82) is 0 Å². The van der Waals surface area contributed by atoms with Crippen molar-refractivity contribution in [2.24, 2.45) is 7.05 Å². The molecule has 1 aromatic carbocycles. The number of likely N-dealkylation sites (N-methyl/N-ethyl adjacent to an activating group) is 1. The Kier molecular flexibility index (Phi) is 5.24. The van der Waals surface area contributed by atoms with E-state index in [0.717, 1.165) is 18.7 Å². The van der Waals surface area contributed by atoms with E-state index in [2.05, 4.69) is 59.9 Å². The molecule has 1 aliphatic carbocycles.